The zero-order valence-electron chi connectivity index (χ0n) is 9.79. The van der Waals surface area contributed by atoms with Gasteiger partial charge in [-0.15, -0.1) is 0 Å². The number of hydrogen-bond acceptors (Lipinski definition) is 3. The fourth-order valence-corrected chi connectivity index (χ4v) is 1.87. The van der Waals surface area contributed by atoms with E-state index in [1.54, 1.807) is 7.11 Å². The summed E-state index contributed by atoms with van der Waals surface area (Å²) < 4.78 is 4.90. The fourth-order valence-electron chi connectivity index (χ4n) is 1.87. The van der Waals surface area contributed by atoms with Gasteiger partial charge in [-0.25, -0.2) is 0 Å². The Balaban J connectivity index is 2.12. The lowest BCUT2D eigenvalue weighted by Gasteiger charge is -2.16. The van der Waals surface area contributed by atoms with Gasteiger partial charge in [0, 0.05) is 26.7 Å². The van der Waals surface area contributed by atoms with E-state index in [2.05, 4.69) is 12.2 Å². The maximum Gasteiger partial charge on any atom is 0.236 e. The highest BCUT2D eigenvalue weighted by atomic mass is 16.5. The third kappa shape index (κ3) is 4.18. The summed E-state index contributed by atoms with van der Waals surface area (Å²) >= 11 is 0. The van der Waals surface area contributed by atoms with Crippen molar-refractivity contribution in [2.24, 2.45) is 5.92 Å². The predicted octanol–water partition coefficient (Wildman–Crippen LogP) is 0.481. The standard InChI is InChI=1S/C11H22N2O2/c1-3-10-4-6-13(9-10)11(14)8-12-5-7-15-2/h10,12H,3-9H2,1-2H3. The van der Waals surface area contributed by atoms with Crippen LogP contribution in [0.3, 0.4) is 0 Å². The molecule has 1 heterocycles. The summed E-state index contributed by atoms with van der Waals surface area (Å²) in [5, 5.41) is 3.08. The van der Waals surface area contributed by atoms with Gasteiger partial charge in [-0.05, 0) is 12.3 Å². The van der Waals surface area contributed by atoms with Crippen molar-refractivity contribution in [3.63, 3.8) is 0 Å². The normalized spacial score (nSPS) is 20.9. The zero-order valence-corrected chi connectivity index (χ0v) is 9.79. The fraction of sp³-hybridized carbons (Fsp3) is 0.909. The smallest absolute Gasteiger partial charge is 0.236 e. The molecule has 1 saturated heterocycles. The molecule has 1 atom stereocenters. The molecule has 1 unspecified atom stereocenters. The van der Waals surface area contributed by atoms with Crippen LogP contribution in [0.5, 0.6) is 0 Å². The molecule has 1 amide bonds. The average molecular weight is 214 g/mol. The van der Waals surface area contributed by atoms with Crippen LogP contribution in [0.1, 0.15) is 19.8 Å². The van der Waals surface area contributed by atoms with Crippen molar-refractivity contribution in [1.82, 2.24) is 10.2 Å². The Hall–Kier alpha value is -0.610. The number of carbonyl (C=O) groups excluding carboxylic acids is 1. The van der Waals surface area contributed by atoms with Gasteiger partial charge >= 0.3 is 0 Å². The SMILES string of the molecule is CCC1CCN(C(=O)CNCCOC)C1. The molecule has 0 bridgehead atoms. The Morgan fingerprint density at radius 3 is 3.00 bits per heavy atom. The quantitative estimate of drug-likeness (QED) is 0.654. The van der Waals surface area contributed by atoms with E-state index in [1.165, 1.54) is 12.8 Å². The van der Waals surface area contributed by atoms with E-state index in [0.717, 1.165) is 19.6 Å². The molecule has 1 aliphatic rings. The van der Waals surface area contributed by atoms with Gasteiger partial charge in [0.1, 0.15) is 0 Å². The molecular weight excluding hydrogens is 192 g/mol. The molecule has 0 aliphatic carbocycles. The second kappa shape index (κ2) is 6.80. The van der Waals surface area contributed by atoms with Crippen molar-refractivity contribution in [2.45, 2.75) is 19.8 Å². The van der Waals surface area contributed by atoms with E-state index >= 15 is 0 Å². The first-order chi connectivity index (χ1) is 7.27. The second-order valence-electron chi connectivity index (χ2n) is 4.07. The van der Waals surface area contributed by atoms with Gasteiger partial charge in [0.25, 0.3) is 0 Å². The molecule has 0 aromatic heterocycles. The lowest BCUT2D eigenvalue weighted by atomic mass is 10.1. The summed E-state index contributed by atoms with van der Waals surface area (Å²) in [6, 6.07) is 0. The summed E-state index contributed by atoms with van der Waals surface area (Å²) in [5.74, 6) is 0.940. The first-order valence-corrected chi connectivity index (χ1v) is 5.75. The van der Waals surface area contributed by atoms with Crippen LogP contribution in [0, 0.1) is 5.92 Å². The molecule has 0 spiro atoms. The van der Waals surface area contributed by atoms with Crippen molar-refractivity contribution in [1.29, 1.82) is 0 Å². The van der Waals surface area contributed by atoms with Gasteiger partial charge in [-0.1, -0.05) is 13.3 Å². The van der Waals surface area contributed by atoms with Crippen LogP contribution in [0.2, 0.25) is 0 Å². The highest BCUT2D eigenvalue weighted by Crippen LogP contribution is 2.18. The van der Waals surface area contributed by atoms with Crippen LogP contribution in [0.15, 0.2) is 0 Å². The number of methoxy groups -OCH3 is 1. The minimum atomic E-state index is 0.224. The predicted molar refractivity (Wildman–Crippen MR) is 59.7 cm³/mol. The largest absolute Gasteiger partial charge is 0.383 e. The van der Waals surface area contributed by atoms with Crippen LogP contribution in [-0.2, 0) is 9.53 Å². The molecular formula is C11H22N2O2. The molecule has 15 heavy (non-hydrogen) atoms. The molecule has 1 aliphatic heterocycles. The van der Waals surface area contributed by atoms with Gasteiger partial charge in [0.05, 0.1) is 13.2 Å². The first kappa shape index (κ1) is 12.5. The number of ether oxygens (including phenoxy) is 1. The molecule has 0 aromatic rings. The molecule has 1 N–H and O–H groups in total. The molecule has 0 aromatic carbocycles. The number of rotatable bonds is 6. The van der Waals surface area contributed by atoms with Crippen molar-refractivity contribution in [3.8, 4) is 0 Å². The summed E-state index contributed by atoms with van der Waals surface area (Å²) in [4.78, 5) is 13.7. The van der Waals surface area contributed by atoms with Gasteiger partial charge in [0.2, 0.25) is 5.91 Å². The van der Waals surface area contributed by atoms with Crippen molar-refractivity contribution < 1.29 is 9.53 Å². The molecule has 1 fully saturated rings. The van der Waals surface area contributed by atoms with Gasteiger partial charge in [0.15, 0.2) is 0 Å². The molecule has 0 radical (unpaired) electrons. The number of carbonyl (C=O) groups is 1. The van der Waals surface area contributed by atoms with E-state index in [1.807, 2.05) is 4.90 Å². The molecule has 1 rings (SSSR count). The number of nitrogens with one attached hydrogen (secondary N) is 1. The van der Waals surface area contributed by atoms with E-state index in [9.17, 15) is 4.79 Å². The number of likely N-dealkylation sites (tertiary alicyclic amines) is 1. The summed E-state index contributed by atoms with van der Waals surface area (Å²) in [5.41, 5.74) is 0. The van der Waals surface area contributed by atoms with E-state index in [4.69, 9.17) is 4.74 Å². The summed E-state index contributed by atoms with van der Waals surface area (Å²) in [7, 11) is 1.66. The van der Waals surface area contributed by atoms with E-state index < -0.39 is 0 Å². The highest BCUT2D eigenvalue weighted by molar-refractivity contribution is 5.78. The topological polar surface area (TPSA) is 41.6 Å². The monoisotopic (exact) mass is 214 g/mol. The summed E-state index contributed by atoms with van der Waals surface area (Å²) in [6.45, 7) is 5.91. The molecule has 0 saturated carbocycles. The summed E-state index contributed by atoms with van der Waals surface area (Å²) in [6.07, 6.45) is 2.35. The highest BCUT2D eigenvalue weighted by Gasteiger charge is 2.24. The Morgan fingerprint density at radius 1 is 1.60 bits per heavy atom. The van der Waals surface area contributed by atoms with E-state index in [0.29, 0.717) is 19.1 Å². The van der Waals surface area contributed by atoms with Crippen LogP contribution in [0.25, 0.3) is 0 Å². The Labute approximate surface area is 92.0 Å². The molecule has 88 valence electrons. The lowest BCUT2D eigenvalue weighted by Crippen LogP contribution is -2.37. The van der Waals surface area contributed by atoms with Crippen molar-refractivity contribution in [2.75, 3.05) is 39.9 Å². The minimum absolute atomic E-state index is 0.224. The number of hydrogen-bond donors (Lipinski definition) is 1. The average Bonchev–Trinajstić information content (AvgIpc) is 2.72. The van der Waals surface area contributed by atoms with Crippen LogP contribution in [-0.4, -0.2) is 50.7 Å². The Kier molecular flexibility index (Phi) is 5.65. The zero-order chi connectivity index (χ0) is 11.1. The maximum absolute atomic E-state index is 11.7. The van der Waals surface area contributed by atoms with Crippen LogP contribution >= 0.6 is 0 Å². The number of amides is 1. The minimum Gasteiger partial charge on any atom is -0.383 e. The number of nitrogens with zero attached hydrogens (tertiary/aromatic N) is 1. The van der Waals surface area contributed by atoms with Gasteiger partial charge < -0.3 is 15.0 Å². The second-order valence-corrected chi connectivity index (χ2v) is 4.07. The molecule has 4 nitrogen and oxygen atoms in total. The lowest BCUT2D eigenvalue weighted by molar-refractivity contribution is -0.129. The third-order valence-corrected chi connectivity index (χ3v) is 2.98. The first-order valence-electron chi connectivity index (χ1n) is 5.75. The third-order valence-electron chi connectivity index (χ3n) is 2.98. The van der Waals surface area contributed by atoms with Gasteiger partial charge in [-0.3, -0.25) is 4.79 Å². The van der Waals surface area contributed by atoms with Crippen molar-refractivity contribution in [3.05, 3.63) is 0 Å². The van der Waals surface area contributed by atoms with Crippen molar-refractivity contribution >= 4 is 5.91 Å². The van der Waals surface area contributed by atoms with Crippen LogP contribution < -0.4 is 5.32 Å². The van der Waals surface area contributed by atoms with Crippen LogP contribution in [0.4, 0.5) is 0 Å². The van der Waals surface area contributed by atoms with E-state index in [-0.39, 0.29) is 5.91 Å². The maximum atomic E-state index is 11.7. The Bertz CT molecular complexity index is 197. The Morgan fingerprint density at radius 2 is 2.40 bits per heavy atom. The molecule has 4 heteroatoms. The van der Waals surface area contributed by atoms with Gasteiger partial charge in [-0.2, -0.15) is 0 Å².